The molecule has 0 spiro atoms. The molecule has 0 aromatic rings. The van der Waals surface area contributed by atoms with Gasteiger partial charge in [-0.15, -0.1) is 4.91 Å². The van der Waals surface area contributed by atoms with E-state index in [-0.39, 0.29) is 0 Å². The summed E-state index contributed by atoms with van der Waals surface area (Å²) in [7, 11) is 0. The maximum Gasteiger partial charge on any atom is 0.149 e. The van der Waals surface area contributed by atoms with Gasteiger partial charge in [0.05, 0.1) is 0 Å². The summed E-state index contributed by atoms with van der Waals surface area (Å²) in [5.41, 5.74) is 4.61. The van der Waals surface area contributed by atoms with E-state index < -0.39 is 5.66 Å². The smallest absolute Gasteiger partial charge is 0.149 e. The number of nitroso groups, excluding NO2 is 1. The first-order valence-electron chi connectivity index (χ1n) is 2.82. The van der Waals surface area contributed by atoms with E-state index in [0.29, 0.717) is 12.8 Å². The Balaban J connectivity index is 3.76. The normalized spacial score (nSPS) is 11.4. The summed E-state index contributed by atoms with van der Waals surface area (Å²) in [5, 5.41) is 2.78. The van der Waals surface area contributed by atoms with Crippen molar-refractivity contribution in [3.05, 3.63) is 4.91 Å². The van der Waals surface area contributed by atoms with Crippen LogP contribution in [-0.4, -0.2) is 5.66 Å². The third-order valence-electron chi connectivity index (χ3n) is 1.41. The third kappa shape index (κ3) is 1.58. The predicted octanol–water partition coefficient (Wildman–Crippen LogP) is 1.23. The SMILES string of the molecule is CCC(N)(CC)N=O. The lowest BCUT2D eigenvalue weighted by molar-refractivity contribution is 0.412. The lowest BCUT2D eigenvalue weighted by atomic mass is 10.1. The molecule has 0 bridgehead atoms. The van der Waals surface area contributed by atoms with Crippen molar-refractivity contribution in [1.29, 1.82) is 0 Å². The highest BCUT2D eigenvalue weighted by Gasteiger charge is 2.19. The molecule has 3 nitrogen and oxygen atoms in total. The minimum Gasteiger partial charge on any atom is -0.304 e. The average Bonchev–Trinajstić information content (AvgIpc) is 1.87. The summed E-state index contributed by atoms with van der Waals surface area (Å²) in [6.07, 6.45) is 1.24. The second-order valence-electron chi connectivity index (χ2n) is 1.90. The zero-order valence-electron chi connectivity index (χ0n) is 5.35. The minimum atomic E-state index is -0.806. The zero-order valence-corrected chi connectivity index (χ0v) is 5.35. The predicted molar refractivity (Wildman–Crippen MR) is 33.3 cm³/mol. The van der Waals surface area contributed by atoms with Crippen LogP contribution in [0.4, 0.5) is 0 Å². The molecule has 3 heteroatoms. The first kappa shape index (κ1) is 7.56. The van der Waals surface area contributed by atoms with Crippen LogP contribution >= 0.6 is 0 Å². The van der Waals surface area contributed by atoms with Crippen molar-refractivity contribution in [2.45, 2.75) is 32.4 Å². The Hall–Kier alpha value is -0.440. The average molecular weight is 116 g/mol. The second kappa shape index (κ2) is 2.77. The Labute approximate surface area is 49.2 Å². The fourth-order valence-corrected chi connectivity index (χ4v) is 0.379. The van der Waals surface area contributed by atoms with Gasteiger partial charge in [0.1, 0.15) is 5.66 Å². The van der Waals surface area contributed by atoms with Gasteiger partial charge >= 0.3 is 0 Å². The van der Waals surface area contributed by atoms with Gasteiger partial charge in [-0.05, 0) is 18.0 Å². The van der Waals surface area contributed by atoms with E-state index in [0.717, 1.165) is 0 Å². The van der Waals surface area contributed by atoms with Crippen LogP contribution in [0, 0.1) is 4.91 Å². The van der Waals surface area contributed by atoms with Gasteiger partial charge in [0.15, 0.2) is 0 Å². The van der Waals surface area contributed by atoms with Gasteiger partial charge in [0, 0.05) is 0 Å². The molecule has 0 fully saturated rings. The second-order valence-corrected chi connectivity index (χ2v) is 1.90. The Bertz CT molecular complexity index is 78.5. The van der Waals surface area contributed by atoms with Gasteiger partial charge in [-0.3, -0.25) is 0 Å². The Morgan fingerprint density at radius 2 is 1.88 bits per heavy atom. The first-order valence-corrected chi connectivity index (χ1v) is 2.82. The van der Waals surface area contributed by atoms with Crippen LogP contribution < -0.4 is 5.73 Å². The van der Waals surface area contributed by atoms with Crippen molar-refractivity contribution < 1.29 is 0 Å². The molecule has 8 heavy (non-hydrogen) atoms. The van der Waals surface area contributed by atoms with Crippen LogP contribution in [-0.2, 0) is 0 Å². The van der Waals surface area contributed by atoms with Crippen LogP contribution in [0.25, 0.3) is 0 Å². The lowest BCUT2D eigenvalue weighted by Gasteiger charge is -2.14. The van der Waals surface area contributed by atoms with E-state index in [1.807, 2.05) is 13.8 Å². The topological polar surface area (TPSA) is 55.4 Å². The van der Waals surface area contributed by atoms with Crippen LogP contribution in [0.5, 0.6) is 0 Å². The Morgan fingerprint density at radius 3 is 1.88 bits per heavy atom. The largest absolute Gasteiger partial charge is 0.304 e. The zero-order chi connectivity index (χ0) is 6.62. The summed E-state index contributed by atoms with van der Waals surface area (Å²) in [4.78, 5) is 9.91. The van der Waals surface area contributed by atoms with Gasteiger partial charge in [-0.2, -0.15) is 0 Å². The molecule has 0 aliphatic heterocycles. The molecule has 0 amide bonds. The van der Waals surface area contributed by atoms with Crippen molar-refractivity contribution in [3.63, 3.8) is 0 Å². The standard InChI is InChI=1S/C5H12N2O/c1-3-5(6,4-2)7-8/h3-4,6H2,1-2H3. The molecule has 0 aromatic carbocycles. The van der Waals surface area contributed by atoms with Crippen LogP contribution in [0.3, 0.4) is 0 Å². The van der Waals surface area contributed by atoms with Crippen LogP contribution in [0.2, 0.25) is 0 Å². The molecule has 0 aliphatic rings. The highest BCUT2D eigenvalue weighted by Crippen LogP contribution is 2.10. The van der Waals surface area contributed by atoms with Gasteiger partial charge in [-0.25, -0.2) is 0 Å². The van der Waals surface area contributed by atoms with Gasteiger partial charge in [0.25, 0.3) is 0 Å². The molecular weight excluding hydrogens is 104 g/mol. The van der Waals surface area contributed by atoms with Gasteiger partial charge in [-0.1, -0.05) is 13.8 Å². The minimum absolute atomic E-state index is 0.618. The third-order valence-corrected chi connectivity index (χ3v) is 1.41. The van der Waals surface area contributed by atoms with Crippen molar-refractivity contribution in [2.24, 2.45) is 10.9 Å². The highest BCUT2D eigenvalue weighted by molar-refractivity contribution is 4.75. The van der Waals surface area contributed by atoms with Gasteiger partial charge < -0.3 is 5.73 Å². The van der Waals surface area contributed by atoms with E-state index in [1.165, 1.54) is 0 Å². The lowest BCUT2D eigenvalue weighted by Crippen LogP contribution is -2.35. The monoisotopic (exact) mass is 116 g/mol. The van der Waals surface area contributed by atoms with Crippen molar-refractivity contribution in [2.75, 3.05) is 0 Å². The van der Waals surface area contributed by atoms with Crippen molar-refractivity contribution in [3.8, 4) is 0 Å². The molecule has 0 aliphatic carbocycles. The highest BCUT2D eigenvalue weighted by atomic mass is 16.3. The number of nitrogens with zero attached hydrogens (tertiary/aromatic N) is 1. The molecule has 0 radical (unpaired) electrons. The Kier molecular flexibility index (Phi) is 2.62. The van der Waals surface area contributed by atoms with E-state index in [2.05, 4.69) is 5.18 Å². The van der Waals surface area contributed by atoms with Crippen LogP contribution in [0.15, 0.2) is 5.18 Å². The summed E-state index contributed by atoms with van der Waals surface area (Å²) < 4.78 is 0. The molecule has 0 aromatic heterocycles. The van der Waals surface area contributed by atoms with E-state index >= 15 is 0 Å². The maximum absolute atomic E-state index is 9.91. The molecule has 48 valence electrons. The number of nitrogens with two attached hydrogens (primary N) is 1. The van der Waals surface area contributed by atoms with E-state index in [1.54, 1.807) is 0 Å². The fourth-order valence-electron chi connectivity index (χ4n) is 0.379. The summed E-state index contributed by atoms with van der Waals surface area (Å²) in [6, 6.07) is 0. The summed E-state index contributed by atoms with van der Waals surface area (Å²) >= 11 is 0. The first-order chi connectivity index (χ1) is 3.68. The fraction of sp³-hybridized carbons (Fsp3) is 1.00. The maximum atomic E-state index is 9.91. The molecule has 0 saturated carbocycles. The number of hydrogen-bond donors (Lipinski definition) is 1. The van der Waals surface area contributed by atoms with Crippen LogP contribution in [0.1, 0.15) is 26.7 Å². The summed E-state index contributed by atoms with van der Waals surface area (Å²) in [5.74, 6) is 0. The molecule has 2 N–H and O–H groups in total. The van der Waals surface area contributed by atoms with Crippen molar-refractivity contribution >= 4 is 0 Å². The molecule has 0 rings (SSSR count). The molecule has 0 unspecified atom stereocenters. The van der Waals surface area contributed by atoms with Crippen molar-refractivity contribution in [1.82, 2.24) is 0 Å². The van der Waals surface area contributed by atoms with E-state index in [9.17, 15) is 4.91 Å². The Morgan fingerprint density at radius 1 is 1.50 bits per heavy atom. The van der Waals surface area contributed by atoms with Gasteiger partial charge in [0.2, 0.25) is 0 Å². The number of rotatable bonds is 3. The van der Waals surface area contributed by atoms with E-state index in [4.69, 9.17) is 5.73 Å². The molecule has 0 heterocycles. The molecular formula is C5H12N2O. The molecule has 0 atom stereocenters. The summed E-state index contributed by atoms with van der Waals surface area (Å²) in [6.45, 7) is 3.70. The molecule has 0 saturated heterocycles. The number of hydrogen-bond acceptors (Lipinski definition) is 3. The quantitative estimate of drug-likeness (QED) is 0.564.